The monoisotopic (exact) mass is 617 g/mol. The molecule has 1 N–H and O–H groups in total. The molecule has 11 nitrogen and oxygen atoms in total. The van der Waals surface area contributed by atoms with Gasteiger partial charge >= 0.3 is 12.1 Å². The summed E-state index contributed by atoms with van der Waals surface area (Å²) in [6, 6.07) is 3.65. The number of fused-ring (bicyclic) bond motifs is 1. The third-order valence-corrected chi connectivity index (χ3v) is 7.73. The summed E-state index contributed by atoms with van der Waals surface area (Å²) in [7, 11) is -3.59. The van der Waals surface area contributed by atoms with Gasteiger partial charge in [-0.3, -0.25) is 9.69 Å². The predicted molar refractivity (Wildman–Crippen MR) is 141 cm³/mol. The zero-order valence-corrected chi connectivity index (χ0v) is 24.2. The first-order chi connectivity index (χ1) is 19.4. The van der Waals surface area contributed by atoms with E-state index >= 15 is 0 Å². The van der Waals surface area contributed by atoms with Gasteiger partial charge in [-0.05, 0) is 58.2 Å². The van der Waals surface area contributed by atoms with Gasteiger partial charge in [0.15, 0.2) is 9.84 Å². The van der Waals surface area contributed by atoms with Gasteiger partial charge in [-0.15, -0.1) is 0 Å². The molecule has 0 saturated carbocycles. The highest BCUT2D eigenvalue weighted by atomic mass is 32.2. The van der Waals surface area contributed by atoms with Crippen molar-refractivity contribution in [2.75, 3.05) is 30.8 Å². The third kappa shape index (κ3) is 7.27. The number of hydrogen-bond acceptors (Lipinski definition) is 10. The molecule has 1 amide bonds. The number of esters is 1. The van der Waals surface area contributed by atoms with Gasteiger partial charge in [-0.1, -0.05) is 0 Å². The minimum atomic E-state index is -5.26. The number of alkyl halides is 3. The molecule has 0 radical (unpaired) electrons. The van der Waals surface area contributed by atoms with Crippen LogP contribution in [0.3, 0.4) is 0 Å². The molecule has 0 aliphatic carbocycles. The van der Waals surface area contributed by atoms with E-state index in [1.165, 1.54) is 23.4 Å². The molecule has 2 aliphatic rings. The number of sulfone groups is 1. The van der Waals surface area contributed by atoms with Gasteiger partial charge in [0.2, 0.25) is 12.1 Å². The minimum absolute atomic E-state index is 0.0926. The lowest BCUT2D eigenvalue weighted by molar-refractivity contribution is -0.214. The average Bonchev–Trinajstić information content (AvgIpc) is 3.30. The lowest BCUT2D eigenvalue weighted by Gasteiger charge is -2.37. The molecule has 230 valence electrons. The molecule has 16 heteroatoms. The van der Waals surface area contributed by atoms with Crippen LogP contribution in [0.1, 0.15) is 39.2 Å². The predicted octanol–water partition coefficient (Wildman–Crippen LogP) is 2.90. The fourth-order valence-electron chi connectivity index (χ4n) is 4.72. The number of anilines is 2. The van der Waals surface area contributed by atoms with E-state index in [4.69, 9.17) is 4.74 Å². The van der Waals surface area contributed by atoms with Crippen LogP contribution in [0.4, 0.5) is 29.1 Å². The normalized spacial score (nSPS) is 17.5. The van der Waals surface area contributed by atoms with Crippen molar-refractivity contribution in [3.05, 3.63) is 35.9 Å². The first kappa shape index (κ1) is 31.4. The van der Waals surface area contributed by atoms with Gasteiger partial charge in [0.05, 0.1) is 16.1 Å². The van der Waals surface area contributed by atoms with E-state index in [1.807, 2.05) is 0 Å². The van der Waals surface area contributed by atoms with Crippen molar-refractivity contribution in [1.82, 2.24) is 20.2 Å². The first-order valence-electron chi connectivity index (χ1n) is 13.1. The van der Waals surface area contributed by atoms with Gasteiger partial charge in [0.1, 0.15) is 24.1 Å². The number of piperidine rings is 1. The number of hydrogen-bond donors (Lipinski definition) is 1. The standard InChI is InChI=1S/C26H31F4N5O6S/c1-25(2,3)33-21(36)23(41-24(37)26(28,29)30)34-10-7-15(8-11-34)40-22-17-9-12-35(20(17)31-14-32-22)19-6-5-16(13-18(19)27)42(4,38)39/h5-6,13-15,23H,7-12H2,1-4H3,(H,33,36). The maximum Gasteiger partial charge on any atom is 0.490 e. The van der Waals surface area contributed by atoms with E-state index in [2.05, 4.69) is 20.0 Å². The van der Waals surface area contributed by atoms with E-state index in [0.29, 0.717) is 24.3 Å². The van der Waals surface area contributed by atoms with Gasteiger partial charge in [-0.25, -0.2) is 27.6 Å². The van der Waals surface area contributed by atoms with Crippen molar-refractivity contribution < 1.29 is 45.0 Å². The first-order valence-corrected chi connectivity index (χ1v) is 14.9. The molecule has 0 bridgehead atoms. The molecule has 1 atom stereocenters. The maximum atomic E-state index is 14.9. The highest BCUT2D eigenvalue weighted by molar-refractivity contribution is 7.90. The maximum absolute atomic E-state index is 14.9. The Hall–Kier alpha value is -3.53. The topological polar surface area (TPSA) is 131 Å². The number of aromatic nitrogens is 2. The van der Waals surface area contributed by atoms with Crippen molar-refractivity contribution in [3.8, 4) is 5.88 Å². The van der Waals surface area contributed by atoms with Gasteiger partial charge in [0, 0.05) is 31.4 Å². The summed E-state index contributed by atoms with van der Waals surface area (Å²) in [5, 5.41) is 2.55. The fourth-order valence-corrected chi connectivity index (χ4v) is 5.35. The van der Waals surface area contributed by atoms with E-state index in [9.17, 15) is 35.6 Å². The molecular weight excluding hydrogens is 586 g/mol. The Balaban J connectivity index is 1.46. The summed E-state index contributed by atoms with van der Waals surface area (Å²) >= 11 is 0. The van der Waals surface area contributed by atoms with Crippen LogP contribution in [-0.2, 0) is 30.6 Å². The molecule has 3 heterocycles. The SMILES string of the molecule is CC(C)(C)NC(=O)C(OC(=O)C(F)(F)F)N1CCC(Oc2ncnc3c2CCN3c2ccc(S(C)(=O)=O)cc2F)CC1. The van der Waals surface area contributed by atoms with Gasteiger partial charge < -0.3 is 19.7 Å². The lowest BCUT2D eigenvalue weighted by Crippen LogP contribution is -2.57. The Kier molecular flexibility index (Phi) is 8.69. The number of ether oxygens (including phenoxy) is 2. The second kappa shape index (κ2) is 11.6. The molecule has 4 rings (SSSR count). The Morgan fingerprint density at radius 3 is 2.33 bits per heavy atom. The van der Waals surface area contributed by atoms with E-state index in [0.717, 1.165) is 12.3 Å². The van der Waals surface area contributed by atoms with Gasteiger partial charge in [-0.2, -0.15) is 13.2 Å². The quantitative estimate of drug-likeness (QED) is 0.366. The molecule has 1 unspecified atom stereocenters. The molecule has 1 aromatic heterocycles. The van der Waals surface area contributed by atoms with Crippen LogP contribution in [0.2, 0.25) is 0 Å². The van der Waals surface area contributed by atoms with Crippen molar-refractivity contribution >= 4 is 33.2 Å². The Morgan fingerprint density at radius 1 is 1.10 bits per heavy atom. The number of amides is 1. The number of likely N-dealkylation sites (tertiary alicyclic amines) is 1. The van der Waals surface area contributed by atoms with Crippen LogP contribution in [0.15, 0.2) is 29.4 Å². The smallest absolute Gasteiger partial charge is 0.474 e. The minimum Gasteiger partial charge on any atom is -0.474 e. The largest absolute Gasteiger partial charge is 0.490 e. The van der Waals surface area contributed by atoms with Crippen molar-refractivity contribution in [1.29, 1.82) is 0 Å². The summed E-state index contributed by atoms with van der Waals surface area (Å²) in [5.41, 5.74) is -0.0124. The van der Waals surface area contributed by atoms with Crippen LogP contribution in [0, 0.1) is 5.82 Å². The van der Waals surface area contributed by atoms with Crippen molar-refractivity contribution in [3.63, 3.8) is 0 Å². The number of carbonyl (C=O) groups excluding carboxylic acids is 2. The Morgan fingerprint density at radius 2 is 1.76 bits per heavy atom. The molecule has 1 aromatic carbocycles. The Labute approximate surface area is 240 Å². The number of rotatable bonds is 7. The molecular formula is C26H31F4N5O6S. The van der Waals surface area contributed by atoms with E-state index in [-0.39, 0.29) is 42.4 Å². The number of benzene rings is 1. The number of carbonyl (C=O) groups is 2. The number of nitrogens with zero attached hydrogens (tertiary/aromatic N) is 4. The second-order valence-electron chi connectivity index (χ2n) is 11.1. The van der Waals surface area contributed by atoms with Gasteiger partial charge in [0.25, 0.3) is 5.91 Å². The summed E-state index contributed by atoms with van der Waals surface area (Å²) in [6.07, 6.45) is -4.23. The van der Waals surface area contributed by atoms with Crippen LogP contribution in [0.25, 0.3) is 0 Å². The molecule has 0 spiro atoms. The van der Waals surface area contributed by atoms with Crippen LogP contribution in [-0.4, -0.2) is 85.1 Å². The van der Waals surface area contributed by atoms with Crippen molar-refractivity contribution in [2.45, 2.75) is 69.0 Å². The molecule has 1 fully saturated rings. The second-order valence-corrected chi connectivity index (χ2v) is 13.1. The summed E-state index contributed by atoms with van der Waals surface area (Å²) in [6.45, 7) is 5.47. The highest BCUT2D eigenvalue weighted by Crippen LogP contribution is 2.38. The lowest BCUT2D eigenvalue weighted by atomic mass is 10.1. The third-order valence-electron chi connectivity index (χ3n) is 6.62. The van der Waals surface area contributed by atoms with Crippen LogP contribution in [0.5, 0.6) is 5.88 Å². The molecule has 42 heavy (non-hydrogen) atoms. The van der Waals surface area contributed by atoms with Crippen molar-refractivity contribution in [2.24, 2.45) is 0 Å². The number of halogens is 4. The zero-order chi connectivity index (χ0) is 31.0. The molecule has 2 aromatic rings. The molecule has 2 aliphatic heterocycles. The fraction of sp³-hybridized carbons (Fsp3) is 0.538. The summed E-state index contributed by atoms with van der Waals surface area (Å²) in [4.78, 5) is 35.6. The summed E-state index contributed by atoms with van der Waals surface area (Å²) in [5.74, 6) is -3.39. The van der Waals surface area contributed by atoms with Crippen LogP contribution < -0.4 is 15.0 Å². The molecule has 1 saturated heterocycles. The summed E-state index contributed by atoms with van der Waals surface area (Å²) < 4.78 is 87.9. The zero-order valence-electron chi connectivity index (χ0n) is 23.4. The van der Waals surface area contributed by atoms with E-state index in [1.54, 1.807) is 25.7 Å². The Bertz CT molecular complexity index is 1460. The van der Waals surface area contributed by atoms with Crippen LogP contribution >= 0.6 is 0 Å². The average molecular weight is 618 g/mol. The number of nitrogens with one attached hydrogen (secondary N) is 1. The van der Waals surface area contributed by atoms with E-state index < -0.39 is 51.6 Å². The highest BCUT2D eigenvalue weighted by Gasteiger charge is 2.45.